The maximum absolute atomic E-state index is 12.0. The zero-order valence-electron chi connectivity index (χ0n) is 12.0. The lowest BCUT2D eigenvalue weighted by Crippen LogP contribution is -2.27. The minimum atomic E-state index is -4.09. The first kappa shape index (κ1) is 16.9. The average molecular weight is 342 g/mol. The number of ether oxygens (including phenoxy) is 1. The summed E-state index contributed by atoms with van der Waals surface area (Å²) in [7, 11) is -4.09. The van der Waals surface area contributed by atoms with E-state index in [2.05, 4.69) is 6.58 Å². The summed E-state index contributed by atoms with van der Waals surface area (Å²) in [6, 6.07) is 4.30. The first-order valence-electron chi connectivity index (χ1n) is 6.54. The molecule has 1 aromatic carbocycles. The first-order valence-corrected chi connectivity index (χ1v) is 7.94. The Balaban J connectivity index is 1.98. The van der Waals surface area contributed by atoms with E-state index in [9.17, 15) is 23.3 Å². The van der Waals surface area contributed by atoms with Crippen molar-refractivity contribution in [3.63, 3.8) is 0 Å². The quantitative estimate of drug-likeness (QED) is 0.317. The lowest BCUT2D eigenvalue weighted by molar-refractivity contribution is -0.384. The molecule has 124 valence electrons. The Bertz CT molecular complexity index is 714. The molecule has 1 saturated heterocycles. The Morgan fingerprint density at radius 2 is 2.09 bits per heavy atom. The molecule has 1 unspecified atom stereocenters. The molecular formula is C13H14N2O7S. The van der Waals surface area contributed by atoms with Gasteiger partial charge in [-0.3, -0.25) is 14.3 Å². The highest BCUT2D eigenvalue weighted by atomic mass is 32.2. The van der Waals surface area contributed by atoms with Crippen LogP contribution in [0.4, 0.5) is 10.5 Å². The number of cyclic esters (lactones) is 1. The Labute approximate surface area is 132 Å². The van der Waals surface area contributed by atoms with Gasteiger partial charge in [0.05, 0.1) is 16.4 Å². The number of carbonyl (C=O) groups excluding carboxylic acids is 1. The molecular weight excluding hydrogens is 328 g/mol. The molecule has 0 N–H and O–H groups in total. The van der Waals surface area contributed by atoms with Crippen LogP contribution in [0, 0.1) is 10.1 Å². The summed E-state index contributed by atoms with van der Waals surface area (Å²) in [5, 5.41) is 10.5. The van der Waals surface area contributed by atoms with Crippen molar-refractivity contribution in [2.45, 2.75) is 11.0 Å². The lowest BCUT2D eigenvalue weighted by atomic mass is 10.3. The van der Waals surface area contributed by atoms with Crippen LogP contribution in [0.25, 0.3) is 0 Å². The molecule has 1 fully saturated rings. The molecule has 1 aliphatic heterocycles. The third kappa shape index (κ3) is 4.05. The number of carbonyl (C=O) groups is 1. The molecule has 0 saturated carbocycles. The topological polar surface area (TPSA) is 116 Å². The van der Waals surface area contributed by atoms with Gasteiger partial charge in [-0.1, -0.05) is 6.08 Å². The molecule has 23 heavy (non-hydrogen) atoms. The number of nitrogens with zero attached hydrogens (tertiary/aromatic N) is 2. The zero-order valence-corrected chi connectivity index (χ0v) is 12.8. The van der Waals surface area contributed by atoms with Crippen LogP contribution in [-0.4, -0.2) is 50.1 Å². The molecule has 0 aliphatic carbocycles. The molecule has 1 amide bonds. The highest BCUT2D eigenvalue weighted by molar-refractivity contribution is 7.86. The van der Waals surface area contributed by atoms with Gasteiger partial charge >= 0.3 is 6.09 Å². The number of hydrogen-bond donors (Lipinski definition) is 0. The largest absolute Gasteiger partial charge is 0.442 e. The van der Waals surface area contributed by atoms with E-state index in [1.807, 2.05) is 0 Å². The Hall–Kier alpha value is -2.46. The Kier molecular flexibility index (Phi) is 4.96. The van der Waals surface area contributed by atoms with E-state index in [-0.39, 0.29) is 23.7 Å². The van der Waals surface area contributed by atoms with E-state index < -0.39 is 27.2 Å². The fourth-order valence-corrected chi connectivity index (χ4v) is 2.87. The van der Waals surface area contributed by atoms with Crippen molar-refractivity contribution in [2.24, 2.45) is 0 Å². The fraction of sp³-hybridized carbons (Fsp3) is 0.308. The van der Waals surface area contributed by atoms with Gasteiger partial charge in [-0.25, -0.2) is 4.79 Å². The maximum Gasteiger partial charge on any atom is 0.410 e. The van der Waals surface area contributed by atoms with Crippen LogP contribution < -0.4 is 0 Å². The van der Waals surface area contributed by atoms with Gasteiger partial charge in [0.15, 0.2) is 0 Å². The molecule has 0 radical (unpaired) electrons. The van der Waals surface area contributed by atoms with Crippen LogP contribution in [0.15, 0.2) is 41.8 Å². The first-order chi connectivity index (χ1) is 10.8. The second-order valence-electron chi connectivity index (χ2n) is 4.69. The average Bonchev–Trinajstić information content (AvgIpc) is 2.86. The van der Waals surface area contributed by atoms with Gasteiger partial charge in [0.1, 0.15) is 12.7 Å². The van der Waals surface area contributed by atoms with Crippen molar-refractivity contribution in [3.8, 4) is 0 Å². The van der Waals surface area contributed by atoms with Gasteiger partial charge in [-0.15, -0.1) is 6.58 Å². The van der Waals surface area contributed by atoms with Crippen molar-refractivity contribution in [2.75, 3.05) is 19.7 Å². The summed E-state index contributed by atoms with van der Waals surface area (Å²) >= 11 is 0. The standard InChI is InChI=1S/C13H14N2O7S/c1-2-7-14-8-11(22-13(14)16)9-21-23(19,20)12-5-3-10(4-6-12)15(17)18/h2-6,11H,1,7-9H2. The van der Waals surface area contributed by atoms with Crippen LogP contribution >= 0.6 is 0 Å². The number of amides is 1. The van der Waals surface area contributed by atoms with E-state index in [4.69, 9.17) is 8.92 Å². The van der Waals surface area contributed by atoms with Crippen LogP contribution in [0.5, 0.6) is 0 Å². The number of hydrogen-bond acceptors (Lipinski definition) is 7. The Morgan fingerprint density at radius 1 is 1.43 bits per heavy atom. The molecule has 1 heterocycles. The monoisotopic (exact) mass is 342 g/mol. The summed E-state index contributed by atoms with van der Waals surface area (Å²) in [6.07, 6.45) is 0.250. The van der Waals surface area contributed by atoms with E-state index in [1.165, 1.54) is 11.0 Å². The molecule has 0 bridgehead atoms. The van der Waals surface area contributed by atoms with E-state index in [0.717, 1.165) is 24.3 Å². The predicted molar refractivity (Wildman–Crippen MR) is 78.3 cm³/mol. The molecule has 1 aliphatic rings. The number of benzene rings is 1. The number of nitro groups is 1. The maximum atomic E-state index is 12.0. The third-order valence-electron chi connectivity index (χ3n) is 3.04. The minimum Gasteiger partial charge on any atom is -0.442 e. The SMILES string of the molecule is C=CCN1CC(COS(=O)(=O)c2ccc([N+](=O)[O-])cc2)OC1=O. The van der Waals surface area contributed by atoms with E-state index in [0.29, 0.717) is 6.54 Å². The van der Waals surface area contributed by atoms with Crippen molar-refractivity contribution in [1.82, 2.24) is 4.90 Å². The van der Waals surface area contributed by atoms with Gasteiger partial charge in [-0.2, -0.15) is 8.42 Å². The molecule has 10 heteroatoms. The summed E-state index contributed by atoms with van der Waals surface area (Å²) < 4.78 is 33.8. The lowest BCUT2D eigenvalue weighted by Gasteiger charge is -2.10. The van der Waals surface area contributed by atoms with Gasteiger partial charge in [0.2, 0.25) is 0 Å². The van der Waals surface area contributed by atoms with Gasteiger partial charge in [-0.05, 0) is 12.1 Å². The van der Waals surface area contributed by atoms with E-state index in [1.54, 1.807) is 0 Å². The van der Waals surface area contributed by atoms with Gasteiger partial charge in [0.25, 0.3) is 15.8 Å². The van der Waals surface area contributed by atoms with Crippen LogP contribution in [0.3, 0.4) is 0 Å². The zero-order chi connectivity index (χ0) is 17.0. The summed E-state index contributed by atoms with van der Waals surface area (Å²) in [5.74, 6) is 0. The van der Waals surface area contributed by atoms with Gasteiger partial charge < -0.3 is 9.64 Å². The fourth-order valence-electron chi connectivity index (χ4n) is 1.93. The highest BCUT2D eigenvalue weighted by Crippen LogP contribution is 2.19. The number of rotatable bonds is 7. The molecule has 1 aromatic rings. The smallest absolute Gasteiger partial charge is 0.410 e. The highest BCUT2D eigenvalue weighted by Gasteiger charge is 2.32. The second kappa shape index (κ2) is 6.75. The second-order valence-corrected chi connectivity index (χ2v) is 6.30. The molecule has 2 rings (SSSR count). The van der Waals surface area contributed by atoms with Crippen LogP contribution in [0.1, 0.15) is 0 Å². The molecule has 0 spiro atoms. The van der Waals surface area contributed by atoms with Crippen LogP contribution in [-0.2, 0) is 19.0 Å². The third-order valence-corrected chi connectivity index (χ3v) is 4.34. The Morgan fingerprint density at radius 3 is 2.65 bits per heavy atom. The molecule has 1 atom stereocenters. The van der Waals surface area contributed by atoms with Crippen molar-refractivity contribution >= 4 is 21.9 Å². The summed E-state index contributed by atoms with van der Waals surface area (Å²) in [5.41, 5.74) is -0.228. The number of non-ortho nitro benzene ring substituents is 1. The van der Waals surface area contributed by atoms with Gasteiger partial charge in [0, 0.05) is 18.7 Å². The van der Waals surface area contributed by atoms with Crippen LogP contribution in [0.2, 0.25) is 0 Å². The molecule has 0 aromatic heterocycles. The predicted octanol–water partition coefficient (Wildman–Crippen LogP) is 1.31. The summed E-state index contributed by atoms with van der Waals surface area (Å²) in [4.78, 5) is 22.5. The van der Waals surface area contributed by atoms with Crippen molar-refractivity contribution in [1.29, 1.82) is 0 Å². The van der Waals surface area contributed by atoms with Crippen molar-refractivity contribution < 1.29 is 27.1 Å². The molecule has 9 nitrogen and oxygen atoms in total. The normalized spacial score (nSPS) is 17.8. The minimum absolute atomic E-state index is 0.195. The van der Waals surface area contributed by atoms with Crippen molar-refractivity contribution in [3.05, 3.63) is 47.0 Å². The summed E-state index contributed by atoms with van der Waals surface area (Å²) in [6.45, 7) is 3.66. The van der Waals surface area contributed by atoms with E-state index >= 15 is 0 Å². The number of nitro benzene ring substituents is 1.